The molecule has 1 aromatic carbocycles. The molecular weight excluding hydrogens is 198 g/mol. The molecule has 0 aliphatic rings. The van der Waals surface area contributed by atoms with E-state index in [1.165, 1.54) is 0 Å². The molecule has 1 aromatic rings. The molecule has 1 rings (SSSR count). The second-order valence-electron chi connectivity index (χ2n) is 3.50. The van der Waals surface area contributed by atoms with Crippen LogP contribution in [0.25, 0.3) is 0 Å². The summed E-state index contributed by atoms with van der Waals surface area (Å²) in [6.45, 7) is 4.40. The second-order valence-corrected chi connectivity index (χ2v) is 3.91. The van der Waals surface area contributed by atoms with E-state index in [-0.39, 0.29) is 12.1 Å². The first-order valence-corrected chi connectivity index (χ1v) is 5.14. The number of halogens is 1. The predicted molar refractivity (Wildman–Crippen MR) is 59.4 cm³/mol. The summed E-state index contributed by atoms with van der Waals surface area (Å²) >= 11 is 5.98. The van der Waals surface area contributed by atoms with Gasteiger partial charge in [0.05, 0.1) is 6.10 Å². The summed E-state index contributed by atoms with van der Waals surface area (Å²) in [6.07, 6.45) is -0.350. The van der Waals surface area contributed by atoms with Crippen LogP contribution in [0.2, 0.25) is 5.02 Å². The maximum atomic E-state index is 9.27. The third kappa shape index (κ3) is 3.29. The molecular formula is C11H16ClNO. The first-order valence-electron chi connectivity index (χ1n) is 4.76. The Hall–Kier alpha value is -0.570. The average Bonchev–Trinajstić information content (AvgIpc) is 2.16. The van der Waals surface area contributed by atoms with E-state index in [0.717, 1.165) is 10.6 Å². The minimum absolute atomic E-state index is 0.0753. The van der Waals surface area contributed by atoms with Gasteiger partial charge in [0.15, 0.2) is 0 Å². The van der Waals surface area contributed by atoms with E-state index in [1.807, 2.05) is 31.2 Å². The number of hydrogen-bond acceptors (Lipinski definition) is 2. The fourth-order valence-electron chi connectivity index (χ4n) is 1.08. The second kappa shape index (κ2) is 5.35. The van der Waals surface area contributed by atoms with Crippen molar-refractivity contribution in [2.24, 2.45) is 0 Å². The van der Waals surface area contributed by atoms with Crippen LogP contribution in [0.1, 0.15) is 19.4 Å². The van der Waals surface area contributed by atoms with Gasteiger partial charge in [-0.05, 0) is 25.5 Å². The van der Waals surface area contributed by atoms with Crippen LogP contribution in [0, 0.1) is 0 Å². The van der Waals surface area contributed by atoms with Crippen molar-refractivity contribution < 1.29 is 5.11 Å². The summed E-state index contributed by atoms with van der Waals surface area (Å²) in [5.41, 5.74) is 1.06. The fraction of sp³-hybridized carbons (Fsp3) is 0.455. The first kappa shape index (κ1) is 11.5. The Bertz CT molecular complexity index is 288. The minimum atomic E-state index is -0.350. The molecule has 0 radical (unpaired) electrons. The summed E-state index contributed by atoms with van der Waals surface area (Å²) in [5, 5.41) is 13.2. The Morgan fingerprint density at radius 2 is 2.00 bits per heavy atom. The van der Waals surface area contributed by atoms with Crippen molar-refractivity contribution >= 4 is 11.6 Å². The minimum Gasteiger partial charge on any atom is -0.392 e. The molecule has 2 nitrogen and oxygen atoms in total. The molecule has 14 heavy (non-hydrogen) atoms. The lowest BCUT2D eigenvalue weighted by atomic mass is 10.2. The zero-order valence-electron chi connectivity index (χ0n) is 8.50. The lowest BCUT2D eigenvalue weighted by Crippen LogP contribution is -2.34. The fourth-order valence-corrected chi connectivity index (χ4v) is 1.29. The van der Waals surface area contributed by atoms with Crippen LogP contribution in [0.5, 0.6) is 0 Å². The van der Waals surface area contributed by atoms with Crippen molar-refractivity contribution in [1.29, 1.82) is 0 Å². The SMILES string of the molecule is CC(O)C(C)NCc1ccccc1Cl. The van der Waals surface area contributed by atoms with Gasteiger partial charge in [0.2, 0.25) is 0 Å². The summed E-state index contributed by atoms with van der Waals surface area (Å²) in [5.74, 6) is 0. The molecule has 0 heterocycles. The molecule has 0 saturated carbocycles. The van der Waals surface area contributed by atoms with Crippen LogP contribution in [0.4, 0.5) is 0 Å². The van der Waals surface area contributed by atoms with E-state index in [1.54, 1.807) is 6.92 Å². The number of rotatable bonds is 4. The molecule has 0 amide bonds. The van der Waals surface area contributed by atoms with Crippen molar-refractivity contribution in [1.82, 2.24) is 5.32 Å². The first-order chi connectivity index (χ1) is 6.61. The van der Waals surface area contributed by atoms with Crippen LogP contribution < -0.4 is 5.32 Å². The highest BCUT2D eigenvalue weighted by Crippen LogP contribution is 2.14. The average molecular weight is 214 g/mol. The third-order valence-electron chi connectivity index (χ3n) is 2.30. The maximum Gasteiger partial charge on any atom is 0.0662 e. The van der Waals surface area contributed by atoms with Gasteiger partial charge in [-0.25, -0.2) is 0 Å². The number of nitrogens with one attached hydrogen (secondary N) is 1. The highest BCUT2D eigenvalue weighted by atomic mass is 35.5. The van der Waals surface area contributed by atoms with Crippen LogP contribution in [0.15, 0.2) is 24.3 Å². The van der Waals surface area contributed by atoms with Crippen molar-refractivity contribution in [3.8, 4) is 0 Å². The smallest absolute Gasteiger partial charge is 0.0662 e. The van der Waals surface area contributed by atoms with E-state index in [2.05, 4.69) is 5.32 Å². The summed E-state index contributed by atoms with van der Waals surface area (Å²) in [7, 11) is 0. The van der Waals surface area contributed by atoms with Gasteiger partial charge < -0.3 is 10.4 Å². The molecule has 0 aliphatic carbocycles. The molecule has 2 N–H and O–H groups in total. The van der Waals surface area contributed by atoms with Gasteiger partial charge in [0.1, 0.15) is 0 Å². The van der Waals surface area contributed by atoms with Crippen molar-refractivity contribution in [2.75, 3.05) is 0 Å². The third-order valence-corrected chi connectivity index (χ3v) is 2.66. The Balaban J connectivity index is 2.50. The van der Waals surface area contributed by atoms with Gasteiger partial charge in [-0.1, -0.05) is 29.8 Å². The zero-order valence-corrected chi connectivity index (χ0v) is 9.25. The monoisotopic (exact) mass is 213 g/mol. The normalized spacial score (nSPS) is 15.1. The molecule has 2 atom stereocenters. The topological polar surface area (TPSA) is 32.3 Å². The molecule has 78 valence electrons. The van der Waals surface area contributed by atoms with Crippen LogP contribution in [0.3, 0.4) is 0 Å². The standard InChI is InChI=1S/C11H16ClNO/c1-8(9(2)14)13-7-10-5-3-4-6-11(10)12/h3-6,8-9,13-14H,7H2,1-2H3. The van der Waals surface area contributed by atoms with Gasteiger partial charge in [-0.15, -0.1) is 0 Å². The number of benzene rings is 1. The molecule has 3 heteroatoms. The van der Waals surface area contributed by atoms with Crippen molar-refractivity contribution in [3.05, 3.63) is 34.9 Å². The molecule has 0 bridgehead atoms. The highest BCUT2D eigenvalue weighted by Gasteiger charge is 2.08. The largest absolute Gasteiger partial charge is 0.392 e. The van der Waals surface area contributed by atoms with Crippen molar-refractivity contribution in [2.45, 2.75) is 32.5 Å². The zero-order chi connectivity index (χ0) is 10.6. The van der Waals surface area contributed by atoms with E-state index in [4.69, 9.17) is 11.6 Å². The lowest BCUT2D eigenvalue weighted by molar-refractivity contribution is 0.152. The van der Waals surface area contributed by atoms with Gasteiger partial charge >= 0.3 is 0 Å². The molecule has 0 aliphatic heterocycles. The van der Waals surface area contributed by atoms with Gasteiger partial charge in [0.25, 0.3) is 0 Å². The lowest BCUT2D eigenvalue weighted by Gasteiger charge is -2.16. The maximum absolute atomic E-state index is 9.27. The van der Waals surface area contributed by atoms with Crippen LogP contribution in [-0.2, 0) is 6.54 Å². The Labute approximate surface area is 89.9 Å². The van der Waals surface area contributed by atoms with E-state index in [9.17, 15) is 5.11 Å². The molecule has 0 fully saturated rings. The quantitative estimate of drug-likeness (QED) is 0.804. The van der Waals surface area contributed by atoms with E-state index < -0.39 is 0 Å². The van der Waals surface area contributed by atoms with E-state index in [0.29, 0.717) is 6.54 Å². The van der Waals surface area contributed by atoms with Gasteiger partial charge in [-0.2, -0.15) is 0 Å². The van der Waals surface area contributed by atoms with Crippen LogP contribution in [-0.4, -0.2) is 17.3 Å². The Morgan fingerprint density at radius 3 is 2.57 bits per heavy atom. The highest BCUT2D eigenvalue weighted by molar-refractivity contribution is 6.31. The summed E-state index contributed by atoms with van der Waals surface area (Å²) < 4.78 is 0. The number of aliphatic hydroxyl groups excluding tert-OH is 1. The van der Waals surface area contributed by atoms with Crippen LogP contribution >= 0.6 is 11.6 Å². The summed E-state index contributed by atoms with van der Waals surface area (Å²) in [6, 6.07) is 7.78. The Morgan fingerprint density at radius 1 is 1.36 bits per heavy atom. The predicted octanol–water partition coefficient (Wildman–Crippen LogP) is 2.20. The molecule has 0 aromatic heterocycles. The number of aliphatic hydroxyl groups is 1. The molecule has 2 unspecified atom stereocenters. The number of hydrogen-bond donors (Lipinski definition) is 2. The van der Waals surface area contributed by atoms with Gasteiger partial charge in [0, 0.05) is 17.6 Å². The van der Waals surface area contributed by atoms with E-state index >= 15 is 0 Å². The molecule has 0 saturated heterocycles. The van der Waals surface area contributed by atoms with Gasteiger partial charge in [-0.3, -0.25) is 0 Å². The Kier molecular flexibility index (Phi) is 4.39. The summed E-state index contributed by atoms with van der Waals surface area (Å²) in [4.78, 5) is 0. The molecule has 0 spiro atoms. The van der Waals surface area contributed by atoms with Crippen molar-refractivity contribution in [3.63, 3.8) is 0 Å².